The number of amides is 1. The highest BCUT2D eigenvalue weighted by atomic mass is 32.1. The number of carbonyl (C=O) groups is 1. The predicted molar refractivity (Wildman–Crippen MR) is 93.1 cm³/mol. The van der Waals surface area contributed by atoms with Crippen molar-refractivity contribution in [1.82, 2.24) is 4.98 Å². The molecule has 0 radical (unpaired) electrons. The van der Waals surface area contributed by atoms with Gasteiger partial charge in [-0.3, -0.25) is 4.79 Å². The fraction of sp³-hybridized carbons (Fsp3) is 0.222. The van der Waals surface area contributed by atoms with Crippen LogP contribution in [0, 0.1) is 5.92 Å². The van der Waals surface area contributed by atoms with Crippen LogP contribution in [0.3, 0.4) is 0 Å². The molecule has 4 heteroatoms. The summed E-state index contributed by atoms with van der Waals surface area (Å²) in [7, 11) is 0. The highest BCUT2D eigenvalue weighted by molar-refractivity contribution is 7.21. The van der Waals surface area contributed by atoms with E-state index in [9.17, 15) is 4.79 Å². The minimum absolute atomic E-state index is 0.00317. The van der Waals surface area contributed by atoms with Gasteiger partial charge in [-0.1, -0.05) is 38.1 Å². The smallest absolute Gasteiger partial charge is 0.227 e. The molecule has 2 aromatic carbocycles. The van der Waals surface area contributed by atoms with Gasteiger partial charge in [0.05, 0.1) is 15.9 Å². The summed E-state index contributed by atoms with van der Waals surface area (Å²) < 4.78 is 1.15. The van der Waals surface area contributed by atoms with Gasteiger partial charge >= 0.3 is 0 Å². The van der Waals surface area contributed by atoms with Crippen molar-refractivity contribution >= 4 is 33.1 Å². The topological polar surface area (TPSA) is 42.0 Å². The van der Waals surface area contributed by atoms with Crippen molar-refractivity contribution in [2.45, 2.75) is 20.3 Å². The molecular weight excluding hydrogens is 292 g/mol. The lowest BCUT2D eigenvalue weighted by Gasteiger charge is -2.12. The SMILES string of the molecule is CCC(C)C(=O)Nc1ccccc1-c1nc2ccccc2s1. The summed E-state index contributed by atoms with van der Waals surface area (Å²) in [6, 6.07) is 15.9. The summed E-state index contributed by atoms with van der Waals surface area (Å²) in [4.78, 5) is 16.9. The van der Waals surface area contributed by atoms with Crippen LogP contribution >= 0.6 is 11.3 Å². The Kier molecular flexibility index (Phi) is 4.20. The lowest BCUT2D eigenvalue weighted by Crippen LogP contribution is -2.20. The molecule has 0 bridgehead atoms. The third-order valence-electron chi connectivity index (χ3n) is 3.77. The quantitative estimate of drug-likeness (QED) is 0.741. The molecular formula is C18H18N2OS. The molecule has 0 aliphatic rings. The van der Waals surface area contributed by atoms with Crippen LogP contribution < -0.4 is 5.32 Å². The number of aromatic nitrogens is 1. The number of nitrogens with one attached hydrogen (secondary N) is 1. The van der Waals surface area contributed by atoms with Crippen LogP contribution in [0.25, 0.3) is 20.8 Å². The van der Waals surface area contributed by atoms with Crippen LogP contribution in [0.2, 0.25) is 0 Å². The summed E-state index contributed by atoms with van der Waals surface area (Å²) in [6.07, 6.45) is 0.829. The number of para-hydroxylation sites is 2. The summed E-state index contributed by atoms with van der Waals surface area (Å²) in [6.45, 7) is 3.96. The Morgan fingerprint density at radius 3 is 2.68 bits per heavy atom. The monoisotopic (exact) mass is 310 g/mol. The van der Waals surface area contributed by atoms with Crippen LogP contribution in [0.15, 0.2) is 48.5 Å². The first-order valence-electron chi connectivity index (χ1n) is 7.45. The van der Waals surface area contributed by atoms with Gasteiger partial charge in [-0.15, -0.1) is 11.3 Å². The maximum atomic E-state index is 12.2. The van der Waals surface area contributed by atoms with E-state index in [0.29, 0.717) is 0 Å². The molecule has 3 rings (SSSR count). The molecule has 0 aliphatic heterocycles. The first-order chi connectivity index (χ1) is 10.7. The van der Waals surface area contributed by atoms with Gasteiger partial charge in [0.25, 0.3) is 0 Å². The zero-order chi connectivity index (χ0) is 15.5. The average molecular weight is 310 g/mol. The largest absolute Gasteiger partial charge is 0.325 e. The lowest BCUT2D eigenvalue weighted by atomic mass is 10.1. The molecule has 0 aliphatic carbocycles. The molecule has 3 nitrogen and oxygen atoms in total. The van der Waals surface area contributed by atoms with Gasteiger partial charge in [0, 0.05) is 11.5 Å². The van der Waals surface area contributed by atoms with E-state index in [-0.39, 0.29) is 11.8 Å². The van der Waals surface area contributed by atoms with Gasteiger partial charge in [0.1, 0.15) is 5.01 Å². The Labute approximate surface area is 134 Å². The van der Waals surface area contributed by atoms with Gasteiger partial charge in [0.15, 0.2) is 0 Å². The van der Waals surface area contributed by atoms with Gasteiger partial charge < -0.3 is 5.32 Å². The molecule has 1 atom stereocenters. The number of rotatable bonds is 4. The number of carbonyl (C=O) groups excluding carboxylic acids is 1. The third-order valence-corrected chi connectivity index (χ3v) is 4.84. The van der Waals surface area contributed by atoms with E-state index in [4.69, 9.17) is 0 Å². The molecule has 1 amide bonds. The van der Waals surface area contributed by atoms with Gasteiger partial charge in [-0.05, 0) is 30.7 Å². The number of benzene rings is 2. The molecule has 0 fully saturated rings. The Hall–Kier alpha value is -2.20. The maximum absolute atomic E-state index is 12.2. The Morgan fingerprint density at radius 1 is 1.18 bits per heavy atom. The number of thiazole rings is 1. The highest BCUT2D eigenvalue weighted by Gasteiger charge is 2.15. The van der Waals surface area contributed by atoms with Gasteiger partial charge in [-0.2, -0.15) is 0 Å². The first kappa shape index (κ1) is 14.7. The highest BCUT2D eigenvalue weighted by Crippen LogP contribution is 2.34. The average Bonchev–Trinajstić information content (AvgIpc) is 2.98. The van der Waals surface area contributed by atoms with Crippen LogP contribution in [0.4, 0.5) is 5.69 Å². The van der Waals surface area contributed by atoms with Crippen molar-refractivity contribution in [2.24, 2.45) is 5.92 Å². The van der Waals surface area contributed by atoms with Crippen molar-refractivity contribution in [3.63, 3.8) is 0 Å². The minimum atomic E-state index is 0.00317. The van der Waals surface area contributed by atoms with Crippen molar-refractivity contribution in [2.75, 3.05) is 5.32 Å². The number of anilines is 1. The van der Waals surface area contributed by atoms with Crippen LogP contribution in [0.5, 0.6) is 0 Å². The summed E-state index contributed by atoms with van der Waals surface area (Å²) >= 11 is 1.64. The first-order valence-corrected chi connectivity index (χ1v) is 8.26. The van der Waals surface area contributed by atoms with Crippen molar-refractivity contribution < 1.29 is 4.79 Å². The molecule has 0 spiro atoms. The standard InChI is InChI=1S/C18H18N2OS/c1-3-12(2)17(21)19-14-9-5-4-8-13(14)18-20-15-10-6-7-11-16(15)22-18/h4-12H,3H2,1-2H3,(H,19,21). The maximum Gasteiger partial charge on any atom is 0.227 e. The fourth-order valence-electron chi connectivity index (χ4n) is 2.21. The molecule has 0 saturated heterocycles. The van der Waals surface area contributed by atoms with Crippen molar-refractivity contribution in [3.8, 4) is 10.6 Å². The van der Waals surface area contributed by atoms with E-state index in [1.165, 1.54) is 0 Å². The summed E-state index contributed by atoms with van der Waals surface area (Å²) in [5.41, 5.74) is 2.79. The Morgan fingerprint density at radius 2 is 1.91 bits per heavy atom. The van der Waals surface area contributed by atoms with Crippen LogP contribution in [-0.2, 0) is 4.79 Å². The number of hydrogen-bond acceptors (Lipinski definition) is 3. The molecule has 1 unspecified atom stereocenters. The van der Waals surface area contributed by atoms with Crippen LogP contribution in [-0.4, -0.2) is 10.9 Å². The molecule has 3 aromatic rings. The minimum Gasteiger partial charge on any atom is -0.325 e. The third kappa shape index (κ3) is 2.88. The second-order valence-corrected chi connectivity index (χ2v) is 6.36. The Bertz CT molecular complexity index is 776. The predicted octanol–water partition coefficient (Wildman–Crippen LogP) is 4.95. The molecule has 22 heavy (non-hydrogen) atoms. The number of fused-ring (bicyclic) bond motifs is 1. The van der Waals surface area contributed by atoms with E-state index < -0.39 is 0 Å². The summed E-state index contributed by atoms with van der Waals surface area (Å²) in [5.74, 6) is 0.0551. The zero-order valence-electron chi connectivity index (χ0n) is 12.7. The van der Waals surface area contributed by atoms with Crippen LogP contribution in [0.1, 0.15) is 20.3 Å². The van der Waals surface area contributed by atoms with Gasteiger partial charge in [-0.25, -0.2) is 4.98 Å². The lowest BCUT2D eigenvalue weighted by molar-refractivity contribution is -0.119. The van der Waals surface area contributed by atoms with E-state index >= 15 is 0 Å². The van der Waals surface area contributed by atoms with E-state index in [2.05, 4.69) is 16.4 Å². The van der Waals surface area contributed by atoms with E-state index in [1.54, 1.807) is 11.3 Å². The van der Waals surface area contributed by atoms with E-state index in [1.807, 2.05) is 56.3 Å². The normalized spacial score (nSPS) is 12.3. The van der Waals surface area contributed by atoms with Gasteiger partial charge in [0.2, 0.25) is 5.91 Å². The molecule has 1 N–H and O–H groups in total. The number of nitrogens with zero attached hydrogens (tertiary/aromatic N) is 1. The van der Waals surface area contributed by atoms with Crippen molar-refractivity contribution in [1.29, 1.82) is 0 Å². The zero-order valence-corrected chi connectivity index (χ0v) is 13.5. The number of hydrogen-bond donors (Lipinski definition) is 1. The second-order valence-electron chi connectivity index (χ2n) is 5.33. The van der Waals surface area contributed by atoms with E-state index in [0.717, 1.165) is 32.9 Å². The molecule has 1 heterocycles. The Balaban J connectivity index is 1.98. The molecule has 0 saturated carbocycles. The second kappa shape index (κ2) is 6.28. The fourth-order valence-corrected chi connectivity index (χ4v) is 3.21. The molecule has 1 aromatic heterocycles. The summed E-state index contributed by atoms with van der Waals surface area (Å²) in [5, 5.41) is 3.96. The van der Waals surface area contributed by atoms with Crippen molar-refractivity contribution in [3.05, 3.63) is 48.5 Å². The molecule has 112 valence electrons.